The number of hydrogen-bond acceptors (Lipinski definition) is 2. The van der Waals surface area contributed by atoms with Crippen LogP contribution < -0.4 is 0 Å². The van der Waals surface area contributed by atoms with Crippen LogP contribution in [0.15, 0.2) is 0 Å². The van der Waals surface area contributed by atoms with Gasteiger partial charge in [-0.3, -0.25) is 4.79 Å². The summed E-state index contributed by atoms with van der Waals surface area (Å²) in [5, 5.41) is 0. The van der Waals surface area contributed by atoms with E-state index in [0.717, 1.165) is 12.8 Å². The summed E-state index contributed by atoms with van der Waals surface area (Å²) in [6, 6.07) is 0. The van der Waals surface area contributed by atoms with E-state index in [4.69, 9.17) is 4.74 Å². The third-order valence-electron chi connectivity index (χ3n) is 6.54. The second-order valence-electron chi connectivity index (χ2n) is 9.71. The zero-order chi connectivity index (χ0) is 22.3. The largest absolute Gasteiger partial charge is 0.465 e. The smallest absolute Gasteiger partial charge is 0.308 e. The van der Waals surface area contributed by atoms with Crippen molar-refractivity contribution in [1.82, 2.24) is 0 Å². The molecule has 0 rings (SSSR count). The van der Waals surface area contributed by atoms with Gasteiger partial charge in [0.1, 0.15) is 0 Å². The quantitative estimate of drug-likeness (QED) is 0.120. The normalized spacial score (nSPS) is 13.3. The highest BCUT2D eigenvalue weighted by molar-refractivity contribution is 5.71. The predicted molar refractivity (Wildman–Crippen MR) is 133 cm³/mol. The monoisotopic (exact) mass is 424 g/mol. The van der Waals surface area contributed by atoms with E-state index in [1.807, 2.05) is 6.92 Å². The van der Waals surface area contributed by atoms with Crippen LogP contribution in [0.3, 0.4) is 0 Å². The van der Waals surface area contributed by atoms with E-state index in [-0.39, 0.29) is 11.9 Å². The van der Waals surface area contributed by atoms with Crippen molar-refractivity contribution in [3.8, 4) is 0 Å². The molecule has 0 aromatic rings. The van der Waals surface area contributed by atoms with Gasteiger partial charge in [0, 0.05) is 0 Å². The molecule has 0 heterocycles. The lowest BCUT2D eigenvalue weighted by molar-refractivity contribution is -0.149. The molecule has 0 aliphatic rings. The molecule has 180 valence electrons. The Kier molecular flexibility index (Phi) is 22.7. The number of carbonyl (C=O) groups excluding carboxylic acids is 1. The van der Waals surface area contributed by atoms with Crippen molar-refractivity contribution >= 4 is 5.97 Å². The minimum Gasteiger partial charge on any atom is -0.465 e. The molecule has 0 N–H and O–H groups in total. The van der Waals surface area contributed by atoms with Crippen molar-refractivity contribution in [3.05, 3.63) is 0 Å². The van der Waals surface area contributed by atoms with Crippen molar-refractivity contribution in [3.63, 3.8) is 0 Å². The summed E-state index contributed by atoms with van der Waals surface area (Å²) < 4.78 is 5.74. The maximum atomic E-state index is 12.4. The van der Waals surface area contributed by atoms with Gasteiger partial charge in [-0.1, -0.05) is 137 Å². The molecule has 0 bridgehead atoms. The predicted octanol–water partition coefficient (Wildman–Crippen LogP) is 9.64. The third-order valence-corrected chi connectivity index (χ3v) is 6.54. The summed E-state index contributed by atoms with van der Waals surface area (Å²) in [5.74, 6) is 0.672. The molecule has 0 aliphatic heterocycles. The van der Waals surface area contributed by atoms with E-state index >= 15 is 0 Å². The number of esters is 1. The first-order valence-electron chi connectivity index (χ1n) is 13.8. The molecule has 0 amide bonds. The van der Waals surface area contributed by atoms with Crippen molar-refractivity contribution in [2.45, 2.75) is 156 Å². The van der Waals surface area contributed by atoms with Crippen LogP contribution in [0.4, 0.5) is 0 Å². The van der Waals surface area contributed by atoms with E-state index in [2.05, 4.69) is 20.8 Å². The minimum atomic E-state index is 0.0371. The Morgan fingerprint density at radius 3 is 1.47 bits per heavy atom. The molecule has 0 fully saturated rings. The first-order chi connectivity index (χ1) is 14.7. The highest BCUT2D eigenvalue weighted by atomic mass is 16.5. The fourth-order valence-electron chi connectivity index (χ4n) is 4.24. The summed E-state index contributed by atoms with van der Waals surface area (Å²) in [5.41, 5.74) is 0. The van der Waals surface area contributed by atoms with Crippen molar-refractivity contribution in [1.29, 1.82) is 0 Å². The summed E-state index contributed by atoms with van der Waals surface area (Å²) in [7, 11) is 0. The first-order valence-corrected chi connectivity index (χ1v) is 13.8. The summed E-state index contributed by atoms with van der Waals surface area (Å²) in [6.45, 7) is 9.47. The molecule has 0 aromatic carbocycles. The SMILES string of the molecule is CCCCCCCCCCCCC(CCCC)COC(=O)C(C)CCCCCCC. The van der Waals surface area contributed by atoms with Crippen LogP contribution in [0.2, 0.25) is 0 Å². The Hall–Kier alpha value is -0.530. The highest BCUT2D eigenvalue weighted by Crippen LogP contribution is 2.20. The summed E-state index contributed by atoms with van der Waals surface area (Å²) in [6.07, 6.45) is 26.1. The van der Waals surface area contributed by atoms with Gasteiger partial charge in [-0.05, 0) is 25.2 Å². The molecule has 0 saturated heterocycles. The topological polar surface area (TPSA) is 26.3 Å². The van der Waals surface area contributed by atoms with Crippen molar-refractivity contribution in [2.75, 3.05) is 6.61 Å². The number of ether oxygens (including phenoxy) is 1. The van der Waals surface area contributed by atoms with Gasteiger partial charge in [-0.2, -0.15) is 0 Å². The number of hydrogen-bond donors (Lipinski definition) is 0. The van der Waals surface area contributed by atoms with Crippen LogP contribution in [-0.2, 0) is 9.53 Å². The molecular weight excluding hydrogens is 368 g/mol. The Bertz CT molecular complexity index is 353. The molecule has 0 spiro atoms. The second-order valence-corrected chi connectivity index (χ2v) is 9.71. The van der Waals surface area contributed by atoms with E-state index in [0.29, 0.717) is 12.5 Å². The van der Waals surface area contributed by atoms with Gasteiger partial charge < -0.3 is 4.74 Å². The maximum absolute atomic E-state index is 12.4. The van der Waals surface area contributed by atoms with Gasteiger partial charge in [0.2, 0.25) is 0 Å². The number of carbonyl (C=O) groups is 1. The molecule has 30 heavy (non-hydrogen) atoms. The molecule has 0 radical (unpaired) electrons. The molecule has 2 heteroatoms. The van der Waals surface area contributed by atoms with Crippen LogP contribution in [-0.4, -0.2) is 12.6 Å². The van der Waals surface area contributed by atoms with Crippen LogP contribution in [0, 0.1) is 11.8 Å². The number of unbranched alkanes of at least 4 members (excludes halogenated alkanes) is 14. The average molecular weight is 425 g/mol. The Morgan fingerprint density at radius 1 is 0.567 bits per heavy atom. The molecule has 0 aromatic heterocycles. The lowest BCUT2D eigenvalue weighted by Gasteiger charge is -2.18. The molecule has 0 aliphatic carbocycles. The highest BCUT2D eigenvalue weighted by Gasteiger charge is 2.17. The van der Waals surface area contributed by atoms with E-state index < -0.39 is 0 Å². The Morgan fingerprint density at radius 2 is 0.967 bits per heavy atom. The average Bonchev–Trinajstić information content (AvgIpc) is 2.75. The minimum absolute atomic E-state index is 0.0371. The lowest BCUT2D eigenvalue weighted by atomic mass is 9.95. The standard InChI is InChI=1S/C28H56O2/c1-5-8-11-13-14-15-16-17-19-21-24-27(23-10-7-3)25-30-28(29)26(4)22-20-18-12-9-6-2/h26-27H,5-25H2,1-4H3. The van der Waals surface area contributed by atoms with E-state index in [1.165, 1.54) is 116 Å². The van der Waals surface area contributed by atoms with Gasteiger partial charge in [0.05, 0.1) is 12.5 Å². The zero-order valence-corrected chi connectivity index (χ0v) is 21.3. The molecule has 2 unspecified atom stereocenters. The van der Waals surface area contributed by atoms with Crippen LogP contribution in [0.5, 0.6) is 0 Å². The Labute approximate surface area is 190 Å². The van der Waals surface area contributed by atoms with Gasteiger partial charge in [0.25, 0.3) is 0 Å². The molecular formula is C28H56O2. The summed E-state index contributed by atoms with van der Waals surface area (Å²) in [4.78, 5) is 12.4. The van der Waals surface area contributed by atoms with Gasteiger partial charge >= 0.3 is 5.97 Å². The lowest BCUT2D eigenvalue weighted by Crippen LogP contribution is -2.19. The third kappa shape index (κ3) is 19.4. The molecule has 2 nitrogen and oxygen atoms in total. The summed E-state index contributed by atoms with van der Waals surface area (Å²) >= 11 is 0. The Balaban J connectivity index is 3.86. The van der Waals surface area contributed by atoms with E-state index in [9.17, 15) is 4.79 Å². The van der Waals surface area contributed by atoms with Crippen LogP contribution in [0.25, 0.3) is 0 Å². The first kappa shape index (κ1) is 29.5. The molecule has 0 saturated carbocycles. The van der Waals surface area contributed by atoms with Crippen molar-refractivity contribution in [2.24, 2.45) is 11.8 Å². The van der Waals surface area contributed by atoms with E-state index in [1.54, 1.807) is 0 Å². The maximum Gasteiger partial charge on any atom is 0.308 e. The van der Waals surface area contributed by atoms with Gasteiger partial charge in [0.15, 0.2) is 0 Å². The zero-order valence-electron chi connectivity index (χ0n) is 21.3. The van der Waals surface area contributed by atoms with Gasteiger partial charge in [-0.25, -0.2) is 0 Å². The molecule has 2 atom stereocenters. The second kappa shape index (κ2) is 23.1. The van der Waals surface area contributed by atoms with Crippen molar-refractivity contribution < 1.29 is 9.53 Å². The van der Waals surface area contributed by atoms with Crippen LogP contribution >= 0.6 is 0 Å². The fraction of sp³-hybridized carbons (Fsp3) is 0.964. The van der Waals surface area contributed by atoms with Gasteiger partial charge in [-0.15, -0.1) is 0 Å². The fourth-order valence-corrected chi connectivity index (χ4v) is 4.24. The van der Waals surface area contributed by atoms with Crippen LogP contribution in [0.1, 0.15) is 156 Å². The number of rotatable bonds is 23.